The van der Waals surface area contributed by atoms with Crippen molar-refractivity contribution < 1.29 is 8.78 Å². The Morgan fingerprint density at radius 1 is 1.10 bits per heavy atom. The van der Waals surface area contributed by atoms with Crippen molar-refractivity contribution in [3.05, 3.63) is 29.8 Å². The van der Waals surface area contributed by atoms with Crippen LogP contribution in [0.4, 0.5) is 14.5 Å². The maximum absolute atomic E-state index is 14.0. The zero-order valence-corrected chi connectivity index (χ0v) is 12.6. The van der Waals surface area contributed by atoms with Crippen molar-refractivity contribution in [1.29, 1.82) is 0 Å². The molecule has 1 heterocycles. The molecule has 1 aromatic rings. The number of rotatable bonds is 3. The molecule has 1 aromatic carbocycles. The largest absolute Gasteiger partial charge is 0.367 e. The van der Waals surface area contributed by atoms with Gasteiger partial charge in [-0.3, -0.25) is 0 Å². The van der Waals surface area contributed by atoms with Crippen LogP contribution in [-0.2, 0) is 0 Å². The molecule has 1 aliphatic heterocycles. The fourth-order valence-electron chi connectivity index (χ4n) is 3.83. The Kier molecular flexibility index (Phi) is 4.43. The minimum atomic E-state index is -0.512. The van der Waals surface area contributed by atoms with Crippen molar-refractivity contribution in [2.24, 2.45) is 5.92 Å². The molecule has 2 fully saturated rings. The van der Waals surface area contributed by atoms with Crippen LogP contribution in [0.1, 0.15) is 39.0 Å². The normalized spacial score (nSPS) is 27.3. The van der Waals surface area contributed by atoms with E-state index < -0.39 is 11.6 Å². The van der Waals surface area contributed by atoms with Crippen LogP contribution in [0.5, 0.6) is 0 Å². The standard InChI is InChI=1S/C17H24F2N2/c1-12-8-15(20-14-4-2-3-5-14)11-21(10-12)17-7-6-13(18)9-16(17)19/h6-7,9,12,14-15,20H,2-5,8,10-11H2,1H3. The lowest BCUT2D eigenvalue weighted by molar-refractivity contribution is 0.321. The summed E-state index contributed by atoms with van der Waals surface area (Å²) in [6.45, 7) is 3.85. The molecule has 2 atom stereocenters. The second-order valence-corrected chi connectivity index (χ2v) is 6.69. The average molecular weight is 294 g/mol. The Hall–Kier alpha value is -1.16. The number of hydrogen-bond donors (Lipinski definition) is 1. The molecule has 0 aromatic heterocycles. The number of halogens is 2. The van der Waals surface area contributed by atoms with Crippen molar-refractivity contribution in [3.63, 3.8) is 0 Å². The molecule has 1 saturated heterocycles. The molecular formula is C17H24F2N2. The molecule has 0 bridgehead atoms. The Labute approximate surface area is 125 Å². The van der Waals surface area contributed by atoms with E-state index in [0.29, 0.717) is 23.7 Å². The van der Waals surface area contributed by atoms with Gasteiger partial charge in [-0.05, 0) is 37.3 Å². The van der Waals surface area contributed by atoms with Crippen LogP contribution in [-0.4, -0.2) is 25.2 Å². The van der Waals surface area contributed by atoms with Gasteiger partial charge in [-0.1, -0.05) is 19.8 Å². The topological polar surface area (TPSA) is 15.3 Å². The van der Waals surface area contributed by atoms with Gasteiger partial charge in [0, 0.05) is 31.2 Å². The third kappa shape index (κ3) is 3.54. The van der Waals surface area contributed by atoms with Gasteiger partial charge in [-0.15, -0.1) is 0 Å². The van der Waals surface area contributed by atoms with Gasteiger partial charge >= 0.3 is 0 Å². The second kappa shape index (κ2) is 6.30. The van der Waals surface area contributed by atoms with Gasteiger partial charge in [-0.2, -0.15) is 0 Å². The van der Waals surface area contributed by atoms with Crippen LogP contribution >= 0.6 is 0 Å². The predicted octanol–water partition coefficient (Wildman–Crippen LogP) is 3.71. The van der Waals surface area contributed by atoms with Gasteiger partial charge in [0.25, 0.3) is 0 Å². The Balaban J connectivity index is 1.69. The highest BCUT2D eigenvalue weighted by Crippen LogP contribution is 2.27. The molecule has 2 nitrogen and oxygen atoms in total. The number of anilines is 1. The first-order valence-corrected chi connectivity index (χ1v) is 8.08. The summed E-state index contributed by atoms with van der Waals surface area (Å²) in [6, 6.07) is 4.92. The third-order valence-corrected chi connectivity index (χ3v) is 4.74. The van der Waals surface area contributed by atoms with Crippen molar-refractivity contribution in [2.75, 3.05) is 18.0 Å². The van der Waals surface area contributed by atoms with E-state index in [1.807, 2.05) is 0 Å². The summed E-state index contributed by atoms with van der Waals surface area (Å²) in [5.41, 5.74) is 0.529. The average Bonchev–Trinajstić information content (AvgIpc) is 2.90. The Morgan fingerprint density at radius 3 is 2.57 bits per heavy atom. The number of piperidine rings is 1. The molecule has 1 aliphatic carbocycles. The maximum atomic E-state index is 14.0. The van der Waals surface area contributed by atoms with E-state index in [0.717, 1.165) is 25.6 Å². The lowest BCUT2D eigenvalue weighted by Gasteiger charge is -2.39. The molecule has 4 heteroatoms. The van der Waals surface area contributed by atoms with Crippen molar-refractivity contribution in [3.8, 4) is 0 Å². The van der Waals surface area contributed by atoms with E-state index in [1.54, 1.807) is 6.07 Å². The van der Waals surface area contributed by atoms with Gasteiger partial charge < -0.3 is 10.2 Å². The quantitative estimate of drug-likeness (QED) is 0.914. The molecule has 3 rings (SSSR count). The fourth-order valence-corrected chi connectivity index (χ4v) is 3.83. The summed E-state index contributed by atoms with van der Waals surface area (Å²) in [6.07, 6.45) is 6.29. The zero-order chi connectivity index (χ0) is 14.8. The number of benzene rings is 1. The summed E-state index contributed by atoms with van der Waals surface area (Å²) in [5.74, 6) is -0.451. The van der Waals surface area contributed by atoms with Crippen LogP contribution in [0.2, 0.25) is 0 Å². The van der Waals surface area contributed by atoms with E-state index in [9.17, 15) is 8.78 Å². The Morgan fingerprint density at radius 2 is 1.86 bits per heavy atom. The highest BCUT2D eigenvalue weighted by atomic mass is 19.1. The van der Waals surface area contributed by atoms with Crippen LogP contribution < -0.4 is 10.2 Å². The summed E-state index contributed by atoms with van der Waals surface area (Å²) in [4.78, 5) is 2.07. The minimum absolute atomic E-state index is 0.404. The summed E-state index contributed by atoms with van der Waals surface area (Å²) >= 11 is 0. The first-order chi connectivity index (χ1) is 10.1. The lowest BCUT2D eigenvalue weighted by atomic mass is 9.94. The van der Waals surface area contributed by atoms with Gasteiger partial charge in [0.2, 0.25) is 0 Å². The molecular weight excluding hydrogens is 270 g/mol. The van der Waals surface area contributed by atoms with Crippen LogP contribution in [0.3, 0.4) is 0 Å². The lowest BCUT2D eigenvalue weighted by Crippen LogP contribution is -2.51. The summed E-state index contributed by atoms with van der Waals surface area (Å²) < 4.78 is 27.1. The van der Waals surface area contributed by atoms with Gasteiger partial charge in [0.15, 0.2) is 0 Å². The monoisotopic (exact) mass is 294 g/mol. The Bertz CT molecular complexity index is 486. The third-order valence-electron chi connectivity index (χ3n) is 4.74. The molecule has 0 amide bonds. The first-order valence-electron chi connectivity index (χ1n) is 8.08. The SMILES string of the molecule is CC1CC(NC2CCCC2)CN(c2ccc(F)cc2F)C1. The van der Waals surface area contributed by atoms with Gasteiger partial charge in [0.05, 0.1) is 5.69 Å². The fraction of sp³-hybridized carbons (Fsp3) is 0.647. The highest BCUT2D eigenvalue weighted by Gasteiger charge is 2.28. The van der Waals surface area contributed by atoms with E-state index in [2.05, 4.69) is 17.1 Å². The molecule has 2 unspecified atom stereocenters. The molecule has 21 heavy (non-hydrogen) atoms. The maximum Gasteiger partial charge on any atom is 0.149 e. The first kappa shape index (κ1) is 14.8. The van der Waals surface area contributed by atoms with Crippen molar-refractivity contribution in [1.82, 2.24) is 5.32 Å². The van der Waals surface area contributed by atoms with E-state index in [4.69, 9.17) is 0 Å². The molecule has 0 radical (unpaired) electrons. The van der Waals surface area contributed by atoms with Crippen LogP contribution in [0, 0.1) is 17.6 Å². The summed E-state index contributed by atoms with van der Waals surface area (Å²) in [5, 5.41) is 3.74. The van der Waals surface area contributed by atoms with Crippen molar-refractivity contribution in [2.45, 2.75) is 51.1 Å². The molecule has 0 spiro atoms. The zero-order valence-electron chi connectivity index (χ0n) is 12.6. The second-order valence-electron chi connectivity index (χ2n) is 6.69. The summed E-state index contributed by atoms with van der Waals surface area (Å²) in [7, 11) is 0. The van der Waals surface area contributed by atoms with Crippen LogP contribution in [0.25, 0.3) is 0 Å². The molecule has 1 N–H and O–H groups in total. The smallest absolute Gasteiger partial charge is 0.149 e. The van der Waals surface area contributed by atoms with E-state index >= 15 is 0 Å². The van der Waals surface area contributed by atoms with Gasteiger partial charge in [-0.25, -0.2) is 8.78 Å². The number of nitrogens with zero attached hydrogens (tertiary/aromatic N) is 1. The number of nitrogens with one attached hydrogen (secondary N) is 1. The molecule has 1 saturated carbocycles. The van der Waals surface area contributed by atoms with E-state index in [-0.39, 0.29) is 0 Å². The molecule has 116 valence electrons. The highest BCUT2D eigenvalue weighted by molar-refractivity contribution is 5.48. The molecule has 2 aliphatic rings. The van der Waals surface area contributed by atoms with Crippen LogP contribution in [0.15, 0.2) is 18.2 Å². The van der Waals surface area contributed by atoms with Crippen molar-refractivity contribution >= 4 is 5.69 Å². The van der Waals surface area contributed by atoms with E-state index in [1.165, 1.54) is 31.7 Å². The predicted molar refractivity (Wildman–Crippen MR) is 81.5 cm³/mol. The minimum Gasteiger partial charge on any atom is -0.367 e. The van der Waals surface area contributed by atoms with Gasteiger partial charge in [0.1, 0.15) is 11.6 Å². The number of hydrogen-bond acceptors (Lipinski definition) is 2.